The van der Waals surface area contributed by atoms with Crippen LogP contribution in [0.4, 0.5) is 4.39 Å². The van der Waals surface area contributed by atoms with E-state index in [1.807, 2.05) is 0 Å². The van der Waals surface area contributed by atoms with E-state index in [1.165, 1.54) is 19.6 Å². The predicted molar refractivity (Wildman–Crippen MR) is 62.2 cm³/mol. The number of methoxy groups -OCH3 is 1. The van der Waals surface area contributed by atoms with Crippen LogP contribution >= 0.6 is 0 Å². The molecule has 2 aliphatic rings. The standard InChI is InChI=1S/C14H17FO2/c1-17-11-2-3-12(13(15)7-11)14(16)10-5-8-4-9(8)6-10/h2-3,7-10,14,16H,4-6H2,1H3. The van der Waals surface area contributed by atoms with E-state index in [1.54, 1.807) is 12.1 Å². The van der Waals surface area contributed by atoms with Gasteiger partial charge in [-0.3, -0.25) is 0 Å². The highest BCUT2D eigenvalue weighted by Gasteiger charge is 2.48. The van der Waals surface area contributed by atoms with E-state index in [0.717, 1.165) is 24.7 Å². The van der Waals surface area contributed by atoms with Crippen LogP contribution in [-0.2, 0) is 0 Å². The summed E-state index contributed by atoms with van der Waals surface area (Å²) in [7, 11) is 1.51. The molecule has 0 amide bonds. The second kappa shape index (κ2) is 3.98. The lowest BCUT2D eigenvalue weighted by atomic mass is 9.91. The second-order valence-corrected chi connectivity index (χ2v) is 5.32. The number of fused-ring (bicyclic) bond motifs is 1. The molecule has 3 rings (SSSR count). The normalized spacial score (nSPS) is 32.1. The first-order valence-corrected chi connectivity index (χ1v) is 6.20. The maximum absolute atomic E-state index is 13.8. The maximum atomic E-state index is 13.8. The minimum Gasteiger partial charge on any atom is -0.497 e. The van der Waals surface area contributed by atoms with E-state index in [-0.39, 0.29) is 11.7 Å². The number of hydrogen-bond acceptors (Lipinski definition) is 2. The van der Waals surface area contributed by atoms with Gasteiger partial charge in [0.05, 0.1) is 13.2 Å². The van der Waals surface area contributed by atoms with Crippen LogP contribution < -0.4 is 4.74 Å². The quantitative estimate of drug-likeness (QED) is 0.874. The molecule has 1 aromatic carbocycles. The maximum Gasteiger partial charge on any atom is 0.132 e. The zero-order chi connectivity index (χ0) is 12.0. The van der Waals surface area contributed by atoms with Gasteiger partial charge in [-0.15, -0.1) is 0 Å². The monoisotopic (exact) mass is 236 g/mol. The third kappa shape index (κ3) is 1.93. The number of aliphatic hydroxyl groups excluding tert-OH is 1. The molecule has 3 unspecified atom stereocenters. The van der Waals surface area contributed by atoms with E-state index < -0.39 is 6.10 Å². The molecular weight excluding hydrogens is 219 g/mol. The van der Waals surface area contributed by atoms with Crippen LogP contribution in [0.2, 0.25) is 0 Å². The van der Waals surface area contributed by atoms with Gasteiger partial charge in [0.2, 0.25) is 0 Å². The van der Waals surface area contributed by atoms with Crippen molar-refractivity contribution >= 4 is 0 Å². The minimum absolute atomic E-state index is 0.238. The molecule has 2 nitrogen and oxygen atoms in total. The summed E-state index contributed by atoms with van der Waals surface area (Å²) in [5.74, 6) is 1.97. The molecule has 0 aliphatic heterocycles. The van der Waals surface area contributed by atoms with Crippen molar-refractivity contribution in [3.05, 3.63) is 29.6 Å². The van der Waals surface area contributed by atoms with Crippen molar-refractivity contribution in [2.24, 2.45) is 17.8 Å². The Kier molecular flexibility index (Phi) is 2.58. The molecule has 0 aromatic heterocycles. The minimum atomic E-state index is -0.659. The first-order chi connectivity index (χ1) is 8.19. The van der Waals surface area contributed by atoms with Gasteiger partial charge in [-0.2, -0.15) is 0 Å². The van der Waals surface area contributed by atoms with Crippen molar-refractivity contribution in [2.45, 2.75) is 25.4 Å². The Balaban J connectivity index is 1.78. The fourth-order valence-electron chi connectivity index (χ4n) is 3.15. The number of ether oxygens (including phenoxy) is 1. The van der Waals surface area contributed by atoms with Gasteiger partial charge in [-0.25, -0.2) is 4.39 Å². The van der Waals surface area contributed by atoms with Gasteiger partial charge in [0.15, 0.2) is 0 Å². The highest BCUT2D eigenvalue weighted by Crippen LogP contribution is 2.57. The molecule has 3 heteroatoms. The van der Waals surface area contributed by atoms with Crippen molar-refractivity contribution in [3.63, 3.8) is 0 Å². The SMILES string of the molecule is COc1ccc(C(O)C2CC3CC3C2)c(F)c1. The Morgan fingerprint density at radius 1 is 1.29 bits per heavy atom. The molecule has 1 N–H and O–H groups in total. The van der Waals surface area contributed by atoms with Gasteiger partial charge in [0, 0.05) is 11.6 Å². The van der Waals surface area contributed by atoms with Crippen molar-refractivity contribution < 1.29 is 14.2 Å². The van der Waals surface area contributed by atoms with Gasteiger partial charge in [0.1, 0.15) is 11.6 Å². The van der Waals surface area contributed by atoms with Crippen molar-refractivity contribution in [1.29, 1.82) is 0 Å². The molecule has 3 atom stereocenters. The van der Waals surface area contributed by atoms with Gasteiger partial charge in [-0.1, -0.05) is 0 Å². The van der Waals surface area contributed by atoms with E-state index in [0.29, 0.717) is 11.3 Å². The Bertz CT molecular complexity index is 422. The summed E-state index contributed by atoms with van der Waals surface area (Å²) in [5.41, 5.74) is 0.414. The van der Waals surface area contributed by atoms with Gasteiger partial charge >= 0.3 is 0 Å². The molecule has 0 radical (unpaired) electrons. The fraction of sp³-hybridized carbons (Fsp3) is 0.571. The fourth-order valence-corrected chi connectivity index (χ4v) is 3.15. The third-order valence-corrected chi connectivity index (χ3v) is 4.25. The largest absolute Gasteiger partial charge is 0.497 e. The topological polar surface area (TPSA) is 29.5 Å². The molecule has 2 aliphatic carbocycles. The summed E-state index contributed by atoms with van der Waals surface area (Å²) >= 11 is 0. The lowest BCUT2D eigenvalue weighted by molar-refractivity contribution is 0.101. The summed E-state index contributed by atoms with van der Waals surface area (Å²) < 4.78 is 18.8. The molecule has 0 saturated heterocycles. The number of aliphatic hydroxyl groups is 1. The summed E-state index contributed by atoms with van der Waals surface area (Å²) in [6.07, 6.45) is 2.76. The molecule has 0 heterocycles. The van der Waals surface area contributed by atoms with Crippen LogP contribution in [0.15, 0.2) is 18.2 Å². The molecule has 2 fully saturated rings. The lowest BCUT2D eigenvalue weighted by Crippen LogP contribution is -2.12. The smallest absolute Gasteiger partial charge is 0.132 e. The van der Waals surface area contributed by atoms with Gasteiger partial charge in [-0.05, 0) is 49.1 Å². The first-order valence-electron chi connectivity index (χ1n) is 6.20. The Morgan fingerprint density at radius 3 is 2.59 bits per heavy atom. The number of hydrogen-bond donors (Lipinski definition) is 1. The zero-order valence-corrected chi connectivity index (χ0v) is 9.90. The molecule has 1 aromatic rings. The highest BCUT2D eigenvalue weighted by atomic mass is 19.1. The summed E-state index contributed by atoms with van der Waals surface area (Å²) in [6.45, 7) is 0. The van der Waals surface area contributed by atoms with Crippen LogP contribution in [0.5, 0.6) is 5.75 Å². The molecular formula is C14H17FO2. The Labute approximate surface area is 100 Å². The third-order valence-electron chi connectivity index (χ3n) is 4.25. The van der Waals surface area contributed by atoms with Crippen LogP contribution in [-0.4, -0.2) is 12.2 Å². The average molecular weight is 236 g/mol. The van der Waals surface area contributed by atoms with Crippen LogP contribution in [0, 0.1) is 23.6 Å². The number of benzene rings is 1. The van der Waals surface area contributed by atoms with Gasteiger partial charge < -0.3 is 9.84 Å². The first kappa shape index (κ1) is 11.0. The lowest BCUT2D eigenvalue weighted by Gasteiger charge is -2.20. The second-order valence-electron chi connectivity index (χ2n) is 5.32. The van der Waals surface area contributed by atoms with Crippen molar-refractivity contribution in [3.8, 4) is 5.75 Å². The van der Waals surface area contributed by atoms with Crippen LogP contribution in [0.3, 0.4) is 0 Å². The van der Waals surface area contributed by atoms with E-state index in [9.17, 15) is 9.50 Å². The average Bonchev–Trinajstić information content (AvgIpc) is 2.95. The summed E-state index contributed by atoms with van der Waals surface area (Å²) in [5, 5.41) is 10.2. The van der Waals surface area contributed by atoms with Crippen LogP contribution in [0.25, 0.3) is 0 Å². The van der Waals surface area contributed by atoms with E-state index in [2.05, 4.69) is 0 Å². The highest BCUT2D eigenvalue weighted by molar-refractivity contribution is 5.30. The zero-order valence-electron chi connectivity index (χ0n) is 9.90. The number of halogens is 1. The summed E-state index contributed by atoms with van der Waals surface area (Å²) in [6, 6.07) is 4.69. The van der Waals surface area contributed by atoms with Gasteiger partial charge in [0.25, 0.3) is 0 Å². The predicted octanol–water partition coefficient (Wildman–Crippen LogP) is 2.91. The molecule has 2 saturated carbocycles. The Hall–Kier alpha value is -1.09. The number of rotatable bonds is 3. The van der Waals surface area contributed by atoms with Crippen molar-refractivity contribution in [2.75, 3.05) is 7.11 Å². The Morgan fingerprint density at radius 2 is 2.00 bits per heavy atom. The van der Waals surface area contributed by atoms with Crippen molar-refractivity contribution in [1.82, 2.24) is 0 Å². The van der Waals surface area contributed by atoms with Crippen LogP contribution in [0.1, 0.15) is 30.9 Å². The molecule has 92 valence electrons. The van der Waals surface area contributed by atoms with E-state index >= 15 is 0 Å². The molecule has 0 spiro atoms. The summed E-state index contributed by atoms with van der Waals surface area (Å²) in [4.78, 5) is 0. The molecule has 0 bridgehead atoms. The molecule has 17 heavy (non-hydrogen) atoms. The van der Waals surface area contributed by atoms with E-state index in [4.69, 9.17) is 4.74 Å².